The first-order valence-electron chi connectivity index (χ1n) is 7.61. The Labute approximate surface area is 156 Å². The number of hydrogen-bond acceptors (Lipinski definition) is 7. The summed E-state index contributed by atoms with van der Waals surface area (Å²) in [4.78, 5) is 18.9. The molecule has 130 valence electrons. The average molecular weight is 383 g/mol. The van der Waals surface area contributed by atoms with Gasteiger partial charge >= 0.3 is 0 Å². The van der Waals surface area contributed by atoms with E-state index in [1.54, 1.807) is 23.5 Å². The molecule has 0 aliphatic heterocycles. The monoisotopic (exact) mass is 383 g/mol. The number of thiophene rings is 2. The third-order valence-corrected chi connectivity index (χ3v) is 5.59. The van der Waals surface area contributed by atoms with Crippen molar-refractivity contribution in [1.82, 2.24) is 9.66 Å². The van der Waals surface area contributed by atoms with Crippen molar-refractivity contribution in [2.75, 3.05) is 7.11 Å². The first-order chi connectivity index (χ1) is 12.7. The molecule has 0 unspecified atom stereocenters. The lowest BCUT2D eigenvalue weighted by molar-refractivity contribution is 0.373. The van der Waals surface area contributed by atoms with E-state index < -0.39 is 0 Å². The van der Waals surface area contributed by atoms with Gasteiger partial charge in [0.15, 0.2) is 11.5 Å². The van der Waals surface area contributed by atoms with E-state index in [0.717, 1.165) is 10.4 Å². The third kappa shape index (κ3) is 2.89. The van der Waals surface area contributed by atoms with Crippen LogP contribution < -0.4 is 10.3 Å². The molecule has 0 fully saturated rings. The molecule has 1 N–H and O–H groups in total. The number of rotatable bonds is 4. The number of phenolic OH excluding ortho intramolecular Hbond substituents is 1. The van der Waals surface area contributed by atoms with Crippen molar-refractivity contribution in [2.45, 2.75) is 0 Å². The second-order valence-electron chi connectivity index (χ2n) is 5.38. The van der Waals surface area contributed by atoms with Crippen molar-refractivity contribution in [3.63, 3.8) is 0 Å². The minimum Gasteiger partial charge on any atom is -0.504 e. The molecule has 0 aliphatic rings. The van der Waals surface area contributed by atoms with Crippen LogP contribution in [0.3, 0.4) is 0 Å². The first kappa shape index (κ1) is 16.5. The van der Waals surface area contributed by atoms with Gasteiger partial charge in [0.2, 0.25) is 0 Å². The summed E-state index contributed by atoms with van der Waals surface area (Å²) < 4.78 is 6.29. The van der Waals surface area contributed by atoms with Gasteiger partial charge in [0.25, 0.3) is 5.56 Å². The van der Waals surface area contributed by atoms with Crippen LogP contribution in [0.2, 0.25) is 0 Å². The summed E-state index contributed by atoms with van der Waals surface area (Å²) in [6.07, 6.45) is 2.93. The van der Waals surface area contributed by atoms with Gasteiger partial charge in [-0.05, 0) is 35.2 Å². The topological polar surface area (TPSA) is 76.7 Å². The Morgan fingerprint density at radius 3 is 2.96 bits per heavy atom. The Hall–Kier alpha value is -2.97. The van der Waals surface area contributed by atoms with Crippen molar-refractivity contribution in [1.29, 1.82) is 0 Å². The van der Waals surface area contributed by atoms with E-state index in [4.69, 9.17) is 4.74 Å². The van der Waals surface area contributed by atoms with E-state index in [1.165, 1.54) is 41.7 Å². The van der Waals surface area contributed by atoms with Crippen LogP contribution in [0, 0.1) is 0 Å². The number of phenols is 1. The van der Waals surface area contributed by atoms with E-state index in [1.807, 2.05) is 22.9 Å². The number of hydrogen-bond donors (Lipinski definition) is 1. The minimum absolute atomic E-state index is 0.0452. The normalized spacial score (nSPS) is 11.4. The highest BCUT2D eigenvalue weighted by atomic mass is 32.1. The molecule has 0 spiro atoms. The molecule has 4 rings (SSSR count). The first-order valence-corrected chi connectivity index (χ1v) is 9.37. The van der Waals surface area contributed by atoms with Crippen LogP contribution in [0.15, 0.2) is 57.3 Å². The van der Waals surface area contributed by atoms with Gasteiger partial charge in [-0.2, -0.15) is 9.78 Å². The maximum absolute atomic E-state index is 12.9. The van der Waals surface area contributed by atoms with E-state index in [9.17, 15) is 9.90 Å². The molecule has 0 bridgehead atoms. The molecule has 4 aromatic rings. The molecule has 6 nitrogen and oxygen atoms in total. The van der Waals surface area contributed by atoms with Gasteiger partial charge in [0.05, 0.1) is 18.7 Å². The molecular formula is C18H13N3O3S2. The number of ether oxygens (including phenoxy) is 1. The van der Waals surface area contributed by atoms with Gasteiger partial charge in [-0.25, -0.2) is 4.98 Å². The zero-order valence-corrected chi connectivity index (χ0v) is 15.3. The van der Waals surface area contributed by atoms with Gasteiger partial charge in [0.1, 0.15) is 11.2 Å². The van der Waals surface area contributed by atoms with Gasteiger partial charge in [0, 0.05) is 15.8 Å². The summed E-state index contributed by atoms with van der Waals surface area (Å²) in [5, 5.41) is 18.4. The predicted molar refractivity (Wildman–Crippen MR) is 105 cm³/mol. The Morgan fingerprint density at radius 1 is 1.31 bits per heavy atom. The Morgan fingerprint density at radius 2 is 2.19 bits per heavy atom. The van der Waals surface area contributed by atoms with Crippen molar-refractivity contribution in [3.8, 4) is 21.9 Å². The van der Waals surface area contributed by atoms with E-state index in [2.05, 4.69) is 10.1 Å². The largest absolute Gasteiger partial charge is 0.504 e. The van der Waals surface area contributed by atoms with Crippen LogP contribution in [-0.2, 0) is 0 Å². The fraction of sp³-hybridized carbons (Fsp3) is 0.0556. The summed E-state index contributed by atoms with van der Waals surface area (Å²) >= 11 is 3.02. The summed E-state index contributed by atoms with van der Waals surface area (Å²) in [5.74, 6) is 0.386. The summed E-state index contributed by atoms with van der Waals surface area (Å²) in [6, 6.07) is 8.76. The number of methoxy groups -OCH3 is 1. The summed E-state index contributed by atoms with van der Waals surface area (Å²) in [6.45, 7) is 0. The van der Waals surface area contributed by atoms with E-state index >= 15 is 0 Å². The lowest BCUT2D eigenvalue weighted by atomic mass is 10.2. The van der Waals surface area contributed by atoms with E-state index in [-0.39, 0.29) is 11.3 Å². The minimum atomic E-state index is -0.221. The summed E-state index contributed by atoms with van der Waals surface area (Å²) in [5.41, 5.74) is 1.35. The fourth-order valence-corrected chi connectivity index (χ4v) is 4.24. The number of nitrogens with zero attached hydrogens (tertiary/aromatic N) is 3. The molecule has 0 saturated heterocycles. The van der Waals surface area contributed by atoms with E-state index in [0.29, 0.717) is 21.5 Å². The smallest absolute Gasteiger partial charge is 0.283 e. The molecule has 1 aromatic carbocycles. The number of benzene rings is 1. The average Bonchev–Trinajstić information content (AvgIpc) is 3.31. The number of fused-ring (bicyclic) bond motifs is 1. The highest BCUT2D eigenvalue weighted by Gasteiger charge is 2.13. The van der Waals surface area contributed by atoms with Crippen LogP contribution in [-0.4, -0.2) is 28.1 Å². The fourth-order valence-electron chi connectivity index (χ4n) is 2.52. The van der Waals surface area contributed by atoms with Crippen molar-refractivity contribution < 1.29 is 9.84 Å². The van der Waals surface area contributed by atoms with Crippen LogP contribution >= 0.6 is 22.7 Å². The van der Waals surface area contributed by atoms with Crippen LogP contribution in [0.4, 0.5) is 0 Å². The zero-order chi connectivity index (χ0) is 18.1. The van der Waals surface area contributed by atoms with Gasteiger partial charge < -0.3 is 9.84 Å². The zero-order valence-electron chi connectivity index (χ0n) is 13.6. The molecule has 0 atom stereocenters. The van der Waals surface area contributed by atoms with Gasteiger partial charge in [-0.1, -0.05) is 6.07 Å². The van der Waals surface area contributed by atoms with Crippen molar-refractivity contribution in [2.24, 2.45) is 5.10 Å². The second kappa shape index (κ2) is 6.74. The summed E-state index contributed by atoms with van der Waals surface area (Å²) in [7, 11) is 1.47. The van der Waals surface area contributed by atoms with Crippen LogP contribution in [0.5, 0.6) is 11.5 Å². The third-order valence-electron chi connectivity index (χ3n) is 3.80. The van der Waals surface area contributed by atoms with Crippen LogP contribution in [0.25, 0.3) is 20.7 Å². The molecule has 3 heterocycles. The highest BCUT2D eigenvalue weighted by Crippen LogP contribution is 2.33. The maximum atomic E-state index is 12.9. The Balaban J connectivity index is 1.77. The molecule has 0 aliphatic carbocycles. The predicted octanol–water partition coefficient (Wildman–Crippen LogP) is 3.78. The highest BCUT2D eigenvalue weighted by molar-refractivity contribution is 7.18. The molecule has 8 heteroatoms. The Bertz CT molecular complexity index is 1160. The molecule has 0 saturated carbocycles. The van der Waals surface area contributed by atoms with Crippen LogP contribution in [0.1, 0.15) is 5.56 Å². The molecule has 0 radical (unpaired) electrons. The molecular weight excluding hydrogens is 370 g/mol. The number of aromatic hydroxyl groups is 1. The van der Waals surface area contributed by atoms with Crippen molar-refractivity contribution in [3.05, 3.63) is 63.3 Å². The quantitative estimate of drug-likeness (QED) is 0.544. The molecule has 3 aromatic heterocycles. The maximum Gasteiger partial charge on any atom is 0.283 e. The lowest BCUT2D eigenvalue weighted by Gasteiger charge is -2.03. The molecule has 0 amide bonds. The second-order valence-corrected chi connectivity index (χ2v) is 7.18. The van der Waals surface area contributed by atoms with Crippen molar-refractivity contribution >= 4 is 39.1 Å². The SMILES string of the molecule is COc1cc(/C=N/n2cnc3scc(-c4cccs4)c3c2=O)ccc1O. The standard InChI is InChI=1S/C18H13N3O3S2/c1-24-14-7-11(4-5-13(14)22)8-20-21-10-19-17-16(18(21)23)12(9-26-17)15-3-2-6-25-15/h2-10,22H,1H3/b20-8+. The Kier molecular flexibility index (Phi) is 4.27. The van der Waals surface area contributed by atoms with Gasteiger partial charge in [-0.3, -0.25) is 4.79 Å². The van der Waals surface area contributed by atoms with Gasteiger partial charge in [-0.15, -0.1) is 22.7 Å². The number of aromatic nitrogens is 2. The molecule has 26 heavy (non-hydrogen) atoms. The lowest BCUT2D eigenvalue weighted by Crippen LogP contribution is -2.16.